The predicted octanol–water partition coefficient (Wildman–Crippen LogP) is 5.33. The summed E-state index contributed by atoms with van der Waals surface area (Å²) >= 11 is 0. The van der Waals surface area contributed by atoms with E-state index in [4.69, 9.17) is 18.9 Å². The highest BCUT2D eigenvalue weighted by molar-refractivity contribution is 5.87. The number of rotatable bonds is 8. The molecule has 2 aliphatic heterocycles. The number of hydrogen-bond donors (Lipinski definition) is 1. The fourth-order valence-electron chi connectivity index (χ4n) is 7.81. The number of ether oxygens (including phenoxy) is 4. The Kier molecular flexibility index (Phi) is 6.55. The quantitative estimate of drug-likeness (QED) is 0.387. The molecule has 1 N–H and O–H groups in total. The van der Waals surface area contributed by atoms with Crippen LogP contribution < -0.4 is 19.8 Å². The molecule has 3 aromatic rings. The number of benzene rings is 2. The summed E-state index contributed by atoms with van der Waals surface area (Å²) in [4.78, 5) is 19.2. The van der Waals surface area contributed by atoms with Crippen molar-refractivity contribution in [2.45, 2.75) is 50.5 Å². The van der Waals surface area contributed by atoms with E-state index in [0.717, 1.165) is 73.0 Å². The molecule has 7 nitrogen and oxygen atoms in total. The minimum atomic E-state index is -0.358. The third kappa shape index (κ3) is 4.38. The van der Waals surface area contributed by atoms with Gasteiger partial charge in [0, 0.05) is 36.9 Å². The van der Waals surface area contributed by atoms with Crippen molar-refractivity contribution in [3.8, 4) is 17.2 Å². The predicted molar refractivity (Wildman–Crippen MR) is 155 cm³/mol. The Bertz CT molecular complexity index is 1450. The van der Waals surface area contributed by atoms with Gasteiger partial charge < -0.3 is 23.9 Å². The highest BCUT2D eigenvalue weighted by atomic mass is 16.5. The van der Waals surface area contributed by atoms with Crippen LogP contribution >= 0.6 is 0 Å². The first kappa shape index (κ1) is 25.9. The Labute approximate surface area is 235 Å². The lowest BCUT2D eigenvalue weighted by molar-refractivity contribution is -0.0968. The molecule has 3 heterocycles. The molecule has 0 unspecified atom stereocenters. The van der Waals surface area contributed by atoms with Gasteiger partial charge in [-0.15, -0.1) is 0 Å². The molecule has 4 atom stereocenters. The average Bonchev–Trinajstić information content (AvgIpc) is 3.77. The Morgan fingerprint density at radius 3 is 2.62 bits per heavy atom. The normalized spacial score (nSPS) is 27.3. The van der Waals surface area contributed by atoms with Gasteiger partial charge >= 0.3 is 0 Å². The molecule has 40 heavy (non-hydrogen) atoms. The number of H-pyrrole nitrogens is 1. The van der Waals surface area contributed by atoms with Gasteiger partial charge in [0.05, 0.1) is 38.0 Å². The van der Waals surface area contributed by atoms with Gasteiger partial charge in [-0.2, -0.15) is 0 Å². The smallest absolute Gasteiger partial charge is 0.255 e. The topological polar surface area (TPSA) is 73.0 Å². The summed E-state index contributed by atoms with van der Waals surface area (Å²) in [5.74, 6) is 4.09. The van der Waals surface area contributed by atoms with E-state index < -0.39 is 0 Å². The SMILES string of the molecule is COc1ccc([C@H]2[C@H]3c4c(c5ccccc5[nH]c4=O)OC(C)(C)[C@H]3[C@@H]2C2CC2)cc1OCCCN1CCOCC1. The number of pyridine rings is 1. The number of aromatic nitrogens is 1. The molecule has 7 rings (SSSR count). The Morgan fingerprint density at radius 2 is 1.85 bits per heavy atom. The van der Waals surface area contributed by atoms with E-state index in [0.29, 0.717) is 24.4 Å². The summed E-state index contributed by atoms with van der Waals surface area (Å²) in [6.45, 7) is 9.67. The monoisotopic (exact) mass is 544 g/mol. The lowest BCUT2D eigenvalue weighted by Gasteiger charge is -2.61. The number of nitrogens with one attached hydrogen (secondary N) is 1. The van der Waals surface area contributed by atoms with Crippen LogP contribution in [-0.2, 0) is 4.74 Å². The number of aromatic amines is 1. The Hall–Kier alpha value is -3.03. The van der Waals surface area contributed by atoms with Gasteiger partial charge in [0.25, 0.3) is 5.56 Å². The van der Waals surface area contributed by atoms with Gasteiger partial charge in [-0.1, -0.05) is 18.2 Å². The van der Waals surface area contributed by atoms with Crippen LogP contribution in [0.5, 0.6) is 17.2 Å². The zero-order valence-corrected chi connectivity index (χ0v) is 23.8. The van der Waals surface area contributed by atoms with E-state index in [-0.39, 0.29) is 23.0 Å². The zero-order chi connectivity index (χ0) is 27.4. The van der Waals surface area contributed by atoms with E-state index in [2.05, 4.69) is 41.9 Å². The second kappa shape index (κ2) is 10.1. The zero-order valence-electron chi connectivity index (χ0n) is 23.8. The van der Waals surface area contributed by atoms with Crippen molar-refractivity contribution in [1.29, 1.82) is 0 Å². The first-order chi connectivity index (χ1) is 19.5. The van der Waals surface area contributed by atoms with Crippen LogP contribution in [0.1, 0.15) is 56.1 Å². The lowest BCUT2D eigenvalue weighted by Crippen LogP contribution is -2.60. The summed E-state index contributed by atoms with van der Waals surface area (Å²) in [6.07, 6.45) is 3.46. The molecule has 0 spiro atoms. The maximum atomic E-state index is 13.6. The van der Waals surface area contributed by atoms with E-state index in [1.165, 1.54) is 18.4 Å². The van der Waals surface area contributed by atoms with Crippen molar-refractivity contribution in [2.24, 2.45) is 17.8 Å². The number of hydrogen-bond acceptors (Lipinski definition) is 6. The third-order valence-electron chi connectivity index (χ3n) is 9.73. The van der Waals surface area contributed by atoms with Crippen LogP contribution in [0.2, 0.25) is 0 Å². The maximum absolute atomic E-state index is 13.6. The average molecular weight is 545 g/mol. The molecule has 2 saturated carbocycles. The van der Waals surface area contributed by atoms with Gasteiger partial charge in [0.1, 0.15) is 11.4 Å². The standard InChI is InChI=1S/C33H40N2O5/c1-33(2)30-27(20-9-10-20)26(28(30)29-31(40-33)22-7-4-5-8-23(22)34-32(29)36)21-11-12-24(37-3)25(19-21)39-16-6-13-35-14-17-38-18-15-35/h4-5,7-8,11-12,19-20,26-28,30H,6,9-10,13-18H2,1-3H3,(H,34,36)/t26-,27-,28+,30+/m1/s1. The van der Waals surface area contributed by atoms with Crippen molar-refractivity contribution in [2.75, 3.05) is 46.6 Å². The first-order valence-electron chi connectivity index (χ1n) is 14.9. The molecule has 2 aromatic carbocycles. The highest BCUT2D eigenvalue weighted by Gasteiger charge is 2.65. The van der Waals surface area contributed by atoms with Crippen molar-refractivity contribution in [1.82, 2.24) is 9.88 Å². The second-order valence-electron chi connectivity index (χ2n) is 12.5. The molecule has 3 fully saturated rings. The van der Waals surface area contributed by atoms with Crippen molar-refractivity contribution in [3.63, 3.8) is 0 Å². The molecule has 2 aliphatic carbocycles. The fraction of sp³-hybridized carbons (Fsp3) is 0.545. The summed E-state index contributed by atoms with van der Waals surface area (Å²) < 4.78 is 24.3. The molecule has 0 amide bonds. The van der Waals surface area contributed by atoms with E-state index in [9.17, 15) is 4.79 Å². The minimum absolute atomic E-state index is 0.0217. The summed E-state index contributed by atoms with van der Waals surface area (Å²) in [7, 11) is 1.70. The first-order valence-corrected chi connectivity index (χ1v) is 14.9. The van der Waals surface area contributed by atoms with E-state index in [1.54, 1.807) is 7.11 Å². The number of nitrogens with zero attached hydrogens (tertiary/aromatic N) is 1. The van der Waals surface area contributed by atoms with Crippen molar-refractivity contribution in [3.05, 3.63) is 63.9 Å². The number of fused-ring (bicyclic) bond motifs is 5. The molecule has 4 aliphatic rings. The Balaban J connectivity index is 1.22. The number of para-hydroxylation sites is 1. The van der Waals surface area contributed by atoms with Crippen molar-refractivity contribution < 1.29 is 18.9 Å². The minimum Gasteiger partial charge on any atom is -0.493 e. The van der Waals surface area contributed by atoms with Crippen LogP contribution in [0.25, 0.3) is 10.9 Å². The second-order valence-corrected chi connectivity index (χ2v) is 12.5. The molecule has 0 bridgehead atoms. The summed E-state index contributed by atoms with van der Waals surface area (Å²) in [6, 6.07) is 14.4. The third-order valence-corrected chi connectivity index (χ3v) is 9.73. The van der Waals surface area contributed by atoms with E-state index in [1.807, 2.05) is 24.3 Å². The van der Waals surface area contributed by atoms with Gasteiger partial charge in [-0.3, -0.25) is 9.69 Å². The maximum Gasteiger partial charge on any atom is 0.255 e. The van der Waals surface area contributed by atoms with Crippen molar-refractivity contribution >= 4 is 10.9 Å². The fourth-order valence-corrected chi connectivity index (χ4v) is 7.81. The molecular weight excluding hydrogens is 504 g/mol. The lowest BCUT2D eigenvalue weighted by atomic mass is 9.46. The summed E-state index contributed by atoms with van der Waals surface area (Å²) in [5, 5.41) is 0.983. The molecule has 1 saturated heterocycles. The van der Waals surface area contributed by atoms with Crippen LogP contribution in [0.15, 0.2) is 47.3 Å². The summed E-state index contributed by atoms with van der Waals surface area (Å²) in [5.41, 5.74) is 2.49. The molecule has 1 aromatic heterocycles. The number of morpholine rings is 1. The highest BCUT2D eigenvalue weighted by Crippen LogP contribution is 2.70. The molecule has 0 radical (unpaired) electrons. The number of methoxy groups -OCH3 is 1. The van der Waals surface area contributed by atoms with E-state index >= 15 is 0 Å². The largest absolute Gasteiger partial charge is 0.493 e. The van der Waals surface area contributed by atoms with Gasteiger partial charge in [-0.25, -0.2) is 0 Å². The van der Waals surface area contributed by atoms with Crippen LogP contribution in [-0.4, -0.2) is 62.0 Å². The van der Waals surface area contributed by atoms with Gasteiger partial charge in [0.2, 0.25) is 0 Å². The van der Waals surface area contributed by atoms with Crippen LogP contribution in [0.4, 0.5) is 0 Å². The Morgan fingerprint density at radius 1 is 1.05 bits per heavy atom. The van der Waals surface area contributed by atoms with Gasteiger partial charge in [0.15, 0.2) is 11.5 Å². The molecular formula is C33H40N2O5. The molecule has 7 heteroatoms. The van der Waals surface area contributed by atoms with Gasteiger partial charge in [-0.05, 0) is 80.7 Å². The van der Waals surface area contributed by atoms with Crippen LogP contribution in [0.3, 0.4) is 0 Å². The van der Waals surface area contributed by atoms with Crippen LogP contribution in [0, 0.1) is 17.8 Å². The molecule has 212 valence electrons.